The molecule has 4 rings (SSSR count). The lowest BCUT2D eigenvalue weighted by Gasteiger charge is -2.12. The third-order valence-electron chi connectivity index (χ3n) is 4.70. The molecule has 0 atom stereocenters. The van der Waals surface area contributed by atoms with E-state index in [0.717, 1.165) is 10.6 Å². The molecule has 0 amide bonds. The summed E-state index contributed by atoms with van der Waals surface area (Å²) in [6.07, 6.45) is -1.60. The van der Waals surface area contributed by atoms with Gasteiger partial charge < -0.3 is 9.47 Å². The highest BCUT2D eigenvalue weighted by Crippen LogP contribution is 2.38. The molecule has 4 aromatic rings. The monoisotopic (exact) mass is 414 g/mol. The normalized spacial score (nSPS) is 11.7. The Morgan fingerprint density at radius 3 is 2.23 bits per heavy atom. The maximum Gasteiger partial charge on any atom is 0.433 e. The van der Waals surface area contributed by atoms with Gasteiger partial charge in [0.2, 0.25) is 0 Å². The van der Waals surface area contributed by atoms with E-state index in [1.54, 1.807) is 37.3 Å². The molecule has 0 saturated carbocycles. The molecule has 0 aliphatic rings. The van der Waals surface area contributed by atoms with Crippen molar-refractivity contribution in [1.82, 2.24) is 19.6 Å². The molecule has 154 valence electrons. The van der Waals surface area contributed by atoms with Gasteiger partial charge in [0.1, 0.15) is 0 Å². The van der Waals surface area contributed by atoms with Crippen molar-refractivity contribution in [2.75, 3.05) is 14.2 Å². The number of benzene rings is 1. The van der Waals surface area contributed by atoms with Crippen LogP contribution in [0.2, 0.25) is 0 Å². The largest absolute Gasteiger partial charge is 0.493 e. The molecular weight excluding hydrogens is 397 g/mol. The molecule has 0 radical (unpaired) electrons. The van der Waals surface area contributed by atoms with Crippen LogP contribution in [0.4, 0.5) is 13.2 Å². The Balaban J connectivity index is 2.03. The molecule has 0 spiro atoms. The third-order valence-corrected chi connectivity index (χ3v) is 4.70. The van der Waals surface area contributed by atoms with E-state index < -0.39 is 11.9 Å². The number of hydrogen-bond donors (Lipinski definition) is 0. The van der Waals surface area contributed by atoms with Gasteiger partial charge in [0, 0.05) is 23.5 Å². The van der Waals surface area contributed by atoms with Crippen LogP contribution in [0.5, 0.6) is 11.5 Å². The maximum atomic E-state index is 13.8. The molecule has 9 heteroatoms. The summed E-state index contributed by atoms with van der Waals surface area (Å²) < 4.78 is 52.9. The van der Waals surface area contributed by atoms with Crippen molar-refractivity contribution in [2.45, 2.75) is 13.1 Å². The summed E-state index contributed by atoms with van der Waals surface area (Å²) in [4.78, 5) is 8.43. The van der Waals surface area contributed by atoms with Crippen LogP contribution >= 0.6 is 0 Å². The number of nitrogens with zero attached hydrogens (tertiary/aromatic N) is 4. The van der Waals surface area contributed by atoms with Crippen molar-refractivity contribution in [2.24, 2.45) is 0 Å². The van der Waals surface area contributed by atoms with Crippen LogP contribution in [0.1, 0.15) is 11.4 Å². The Morgan fingerprint density at radius 1 is 0.900 bits per heavy atom. The number of rotatable bonds is 4. The molecule has 0 bridgehead atoms. The van der Waals surface area contributed by atoms with Crippen molar-refractivity contribution < 1.29 is 22.6 Å². The van der Waals surface area contributed by atoms with Gasteiger partial charge in [-0.05, 0) is 42.8 Å². The number of aryl methyl sites for hydroxylation is 1. The first-order valence-corrected chi connectivity index (χ1v) is 8.94. The molecule has 0 N–H and O–H groups in total. The quantitative estimate of drug-likeness (QED) is 0.480. The van der Waals surface area contributed by atoms with Gasteiger partial charge in [-0.3, -0.25) is 4.98 Å². The molecule has 1 aromatic carbocycles. The Bertz CT molecular complexity index is 1220. The number of methoxy groups -OCH3 is 2. The Hall–Kier alpha value is -3.62. The zero-order chi connectivity index (χ0) is 21.5. The van der Waals surface area contributed by atoms with Gasteiger partial charge in [0.05, 0.1) is 25.6 Å². The fraction of sp³-hybridized carbons (Fsp3) is 0.190. The van der Waals surface area contributed by atoms with Crippen molar-refractivity contribution >= 4 is 5.65 Å². The minimum atomic E-state index is -4.61. The van der Waals surface area contributed by atoms with E-state index >= 15 is 0 Å². The summed E-state index contributed by atoms with van der Waals surface area (Å²) in [7, 11) is 3.00. The fourth-order valence-electron chi connectivity index (χ4n) is 3.33. The van der Waals surface area contributed by atoms with Crippen LogP contribution in [0.3, 0.4) is 0 Å². The molecular formula is C21H17F3N4O2. The third kappa shape index (κ3) is 3.32. The standard InChI is InChI=1S/C21H17F3N4O2/c1-12-19(14-4-5-16(29-2)17(10-14)30-3)20-26-15(13-6-8-25-9-7-13)11-18(21(22,23)24)28(20)27-12/h4-11H,1-3H3. The average molecular weight is 414 g/mol. The topological polar surface area (TPSA) is 61.5 Å². The highest BCUT2D eigenvalue weighted by atomic mass is 19.4. The van der Waals surface area contributed by atoms with Crippen molar-refractivity contribution in [1.29, 1.82) is 0 Å². The van der Waals surface area contributed by atoms with E-state index in [-0.39, 0.29) is 11.3 Å². The number of hydrogen-bond acceptors (Lipinski definition) is 5. The fourth-order valence-corrected chi connectivity index (χ4v) is 3.33. The second-order valence-electron chi connectivity index (χ2n) is 6.53. The molecule has 0 aliphatic heterocycles. The first-order valence-electron chi connectivity index (χ1n) is 8.94. The van der Waals surface area contributed by atoms with Crippen molar-refractivity contribution in [3.8, 4) is 33.9 Å². The molecule has 0 saturated heterocycles. The number of aromatic nitrogens is 4. The Labute approximate surface area is 169 Å². The van der Waals surface area contributed by atoms with Crippen LogP contribution in [-0.4, -0.2) is 33.8 Å². The first kappa shape index (κ1) is 19.7. The molecule has 0 aliphatic carbocycles. The summed E-state index contributed by atoms with van der Waals surface area (Å²) >= 11 is 0. The van der Waals surface area contributed by atoms with Crippen LogP contribution in [0, 0.1) is 6.92 Å². The van der Waals surface area contributed by atoms with Gasteiger partial charge in [-0.25, -0.2) is 9.50 Å². The average Bonchev–Trinajstić information content (AvgIpc) is 3.07. The molecule has 3 aromatic heterocycles. The summed E-state index contributed by atoms with van der Waals surface area (Å²) in [5.41, 5.74) is 1.40. The summed E-state index contributed by atoms with van der Waals surface area (Å²) in [5, 5.41) is 4.14. The van der Waals surface area contributed by atoms with E-state index in [1.165, 1.54) is 26.6 Å². The molecule has 6 nitrogen and oxygen atoms in total. The minimum absolute atomic E-state index is 0.0985. The maximum absolute atomic E-state index is 13.8. The lowest BCUT2D eigenvalue weighted by Crippen LogP contribution is -2.13. The zero-order valence-electron chi connectivity index (χ0n) is 16.4. The van der Waals surface area contributed by atoms with E-state index in [2.05, 4.69) is 15.1 Å². The van der Waals surface area contributed by atoms with Gasteiger partial charge in [-0.15, -0.1) is 0 Å². The van der Waals surface area contributed by atoms with Crippen LogP contribution < -0.4 is 9.47 Å². The first-order chi connectivity index (χ1) is 14.3. The number of halogens is 3. The highest BCUT2D eigenvalue weighted by Gasteiger charge is 2.36. The van der Waals surface area contributed by atoms with Gasteiger partial charge in [-0.1, -0.05) is 6.07 Å². The highest BCUT2D eigenvalue weighted by molar-refractivity contribution is 5.82. The molecule has 30 heavy (non-hydrogen) atoms. The van der Waals surface area contributed by atoms with Crippen LogP contribution in [-0.2, 0) is 6.18 Å². The van der Waals surface area contributed by atoms with Gasteiger partial charge >= 0.3 is 6.18 Å². The lowest BCUT2D eigenvalue weighted by molar-refractivity contribution is -0.142. The minimum Gasteiger partial charge on any atom is -0.493 e. The second-order valence-corrected chi connectivity index (χ2v) is 6.53. The molecule has 0 unspecified atom stereocenters. The van der Waals surface area contributed by atoms with Gasteiger partial charge in [0.25, 0.3) is 0 Å². The Morgan fingerprint density at radius 2 is 1.60 bits per heavy atom. The van der Waals surface area contributed by atoms with E-state index in [4.69, 9.17) is 9.47 Å². The van der Waals surface area contributed by atoms with Crippen molar-refractivity contribution in [3.63, 3.8) is 0 Å². The smallest absolute Gasteiger partial charge is 0.433 e. The summed E-state index contributed by atoms with van der Waals surface area (Å²) in [6.45, 7) is 1.65. The second kappa shape index (κ2) is 7.33. The van der Waals surface area contributed by atoms with E-state index in [9.17, 15) is 13.2 Å². The zero-order valence-corrected chi connectivity index (χ0v) is 16.4. The summed E-state index contributed by atoms with van der Waals surface area (Å²) in [5.74, 6) is 0.965. The molecule has 3 heterocycles. The van der Waals surface area contributed by atoms with Gasteiger partial charge in [0.15, 0.2) is 22.8 Å². The number of ether oxygens (including phenoxy) is 2. The lowest BCUT2D eigenvalue weighted by atomic mass is 10.0. The van der Waals surface area contributed by atoms with Gasteiger partial charge in [-0.2, -0.15) is 18.3 Å². The van der Waals surface area contributed by atoms with E-state index in [0.29, 0.717) is 33.9 Å². The van der Waals surface area contributed by atoms with Crippen molar-refractivity contribution in [3.05, 3.63) is 60.2 Å². The predicted molar refractivity (Wildman–Crippen MR) is 104 cm³/mol. The SMILES string of the molecule is COc1ccc(-c2c(C)nn3c(C(F)(F)F)cc(-c4ccncc4)nc23)cc1OC. The number of alkyl halides is 3. The molecule has 0 fully saturated rings. The van der Waals surface area contributed by atoms with E-state index in [1.807, 2.05) is 0 Å². The van der Waals surface area contributed by atoms with Crippen LogP contribution in [0.15, 0.2) is 48.8 Å². The Kier molecular flexibility index (Phi) is 4.81. The van der Waals surface area contributed by atoms with Crippen LogP contribution in [0.25, 0.3) is 28.0 Å². The summed E-state index contributed by atoms with van der Waals surface area (Å²) in [6, 6.07) is 9.33. The predicted octanol–water partition coefficient (Wildman–Crippen LogP) is 4.80. The number of fused-ring (bicyclic) bond motifs is 1. The number of pyridine rings is 1.